The molecule has 0 radical (unpaired) electrons. The van der Waals surface area contributed by atoms with Gasteiger partial charge in [-0.05, 0) is 23.8 Å². The van der Waals surface area contributed by atoms with E-state index in [1.807, 2.05) is 0 Å². The lowest BCUT2D eigenvalue weighted by atomic mass is 10.2. The van der Waals surface area contributed by atoms with E-state index in [0.29, 0.717) is 12.1 Å². The molecule has 0 atom stereocenters. The third-order valence-corrected chi connectivity index (χ3v) is 3.92. The van der Waals surface area contributed by atoms with Crippen molar-refractivity contribution >= 4 is 22.0 Å². The topological polar surface area (TPSA) is 95.5 Å². The van der Waals surface area contributed by atoms with Crippen LogP contribution in [-0.4, -0.2) is 39.1 Å². The number of aliphatic hydroxyl groups excluding tert-OH is 1. The Bertz CT molecular complexity index is 565. The fraction of sp³-hybridized carbons (Fsp3) is 0.308. The Labute approximate surface area is 118 Å². The number of nitrogens with one attached hydrogen (secondary N) is 2. The quantitative estimate of drug-likeness (QED) is 0.622. The summed E-state index contributed by atoms with van der Waals surface area (Å²) < 4.78 is 25.8. The predicted molar refractivity (Wildman–Crippen MR) is 76.4 cm³/mol. The summed E-state index contributed by atoms with van der Waals surface area (Å²) >= 11 is 0. The predicted octanol–water partition coefficient (Wildman–Crippen LogP) is 0.106. The summed E-state index contributed by atoms with van der Waals surface area (Å²) in [5, 5.41) is 11.0. The lowest BCUT2D eigenvalue weighted by Crippen LogP contribution is -2.24. The molecule has 1 aromatic carbocycles. The average Bonchev–Trinajstić information content (AvgIpc) is 2.43. The van der Waals surface area contributed by atoms with Crippen molar-refractivity contribution in [2.24, 2.45) is 0 Å². The van der Waals surface area contributed by atoms with E-state index in [-0.39, 0.29) is 24.0 Å². The Kier molecular flexibility index (Phi) is 6.37. The largest absolute Gasteiger partial charge is 0.395 e. The highest BCUT2D eigenvalue weighted by Gasteiger charge is 2.11. The molecule has 0 aliphatic rings. The number of carbonyl (C=O) groups is 1. The molecular formula is C13H18N2O4S. The fourth-order valence-corrected chi connectivity index (χ4v) is 2.48. The summed E-state index contributed by atoms with van der Waals surface area (Å²) in [5.74, 6) is -0.316. The molecule has 0 saturated carbocycles. The van der Waals surface area contributed by atoms with E-state index in [4.69, 9.17) is 5.11 Å². The lowest BCUT2D eigenvalue weighted by Gasteiger charge is -2.04. The number of amides is 1. The molecule has 1 aromatic rings. The molecule has 0 aliphatic heterocycles. The molecule has 0 saturated heterocycles. The van der Waals surface area contributed by atoms with Crippen molar-refractivity contribution in [3.8, 4) is 0 Å². The molecule has 0 fully saturated rings. The molecule has 110 valence electrons. The lowest BCUT2D eigenvalue weighted by molar-refractivity contribution is -0.116. The first-order chi connectivity index (χ1) is 9.49. The second kappa shape index (κ2) is 7.78. The molecule has 3 N–H and O–H groups in total. The average molecular weight is 298 g/mol. The number of hydrogen-bond acceptors (Lipinski definition) is 4. The first-order valence-corrected chi connectivity index (χ1v) is 7.64. The van der Waals surface area contributed by atoms with Crippen molar-refractivity contribution in [1.82, 2.24) is 10.0 Å². The molecule has 0 heterocycles. The van der Waals surface area contributed by atoms with Crippen LogP contribution in [0.25, 0.3) is 6.08 Å². The van der Waals surface area contributed by atoms with Crippen LogP contribution in [0.4, 0.5) is 0 Å². The number of benzene rings is 1. The van der Waals surface area contributed by atoms with Crippen LogP contribution in [-0.2, 0) is 14.8 Å². The second-order valence-corrected chi connectivity index (χ2v) is 5.69. The summed E-state index contributed by atoms with van der Waals surface area (Å²) in [6.45, 7) is 2.12. The molecule has 7 heteroatoms. The van der Waals surface area contributed by atoms with E-state index in [1.165, 1.54) is 18.2 Å². The summed E-state index contributed by atoms with van der Waals surface area (Å²) in [4.78, 5) is 11.5. The SMILES string of the molecule is CCNS(=O)(=O)c1ccc(/C=C/C(=O)NCCO)cc1. The van der Waals surface area contributed by atoms with Gasteiger partial charge in [-0.25, -0.2) is 13.1 Å². The Morgan fingerprint density at radius 1 is 1.30 bits per heavy atom. The van der Waals surface area contributed by atoms with Crippen molar-refractivity contribution in [2.45, 2.75) is 11.8 Å². The van der Waals surface area contributed by atoms with Crippen molar-refractivity contribution in [3.63, 3.8) is 0 Å². The highest BCUT2D eigenvalue weighted by molar-refractivity contribution is 7.89. The van der Waals surface area contributed by atoms with Gasteiger partial charge in [-0.1, -0.05) is 19.1 Å². The van der Waals surface area contributed by atoms with Gasteiger partial charge in [-0.2, -0.15) is 0 Å². The third kappa shape index (κ3) is 5.12. The number of sulfonamides is 1. The zero-order valence-corrected chi connectivity index (χ0v) is 12.0. The Balaban J connectivity index is 2.72. The van der Waals surface area contributed by atoms with Gasteiger partial charge in [0.05, 0.1) is 11.5 Å². The van der Waals surface area contributed by atoms with Crippen molar-refractivity contribution in [3.05, 3.63) is 35.9 Å². The smallest absolute Gasteiger partial charge is 0.244 e. The number of aliphatic hydroxyl groups is 1. The minimum absolute atomic E-state index is 0.115. The number of carbonyl (C=O) groups excluding carboxylic acids is 1. The minimum Gasteiger partial charge on any atom is -0.395 e. The number of hydrogen-bond donors (Lipinski definition) is 3. The summed E-state index contributed by atoms with van der Waals surface area (Å²) in [6, 6.07) is 6.17. The molecule has 20 heavy (non-hydrogen) atoms. The molecular weight excluding hydrogens is 280 g/mol. The monoisotopic (exact) mass is 298 g/mol. The van der Waals surface area contributed by atoms with Crippen LogP contribution in [0.1, 0.15) is 12.5 Å². The standard InChI is InChI=1S/C13H18N2O4S/c1-2-15-20(18,19)12-6-3-11(4-7-12)5-8-13(17)14-9-10-16/h3-8,15-16H,2,9-10H2,1H3,(H,14,17)/b8-5+. The van der Waals surface area contributed by atoms with Gasteiger partial charge in [-0.15, -0.1) is 0 Å². The van der Waals surface area contributed by atoms with E-state index in [2.05, 4.69) is 10.0 Å². The van der Waals surface area contributed by atoms with Gasteiger partial charge in [0.25, 0.3) is 0 Å². The van der Waals surface area contributed by atoms with Gasteiger partial charge in [0, 0.05) is 19.2 Å². The van der Waals surface area contributed by atoms with E-state index in [1.54, 1.807) is 25.1 Å². The van der Waals surface area contributed by atoms with Crippen LogP contribution in [0.3, 0.4) is 0 Å². The van der Waals surface area contributed by atoms with Gasteiger partial charge >= 0.3 is 0 Å². The Hall–Kier alpha value is -1.70. The maximum atomic E-state index is 11.7. The van der Waals surface area contributed by atoms with Crippen LogP contribution in [0, 0.1) is 0 Å². The molecule has 1 rings (SSSR count). The molecule has 0 bridgehead atoms. The van der Waals surface area contributed by atoms with Gasteiger partial charge in [-0.3, -0.25) is 4.79 Å². The maximum absolute atomic E-state index is 11.7. The Morgan fingerprint density at radius 3 is 2.50 bits per heavy atom. The van der Waals surface area contributed by atoms with Gasteiger partial charge in [0.2, 0.25) is 15.9 Å². The van der Waals surface area contributed by atoms with E-state index in [0.717, 1.165) is 0 Å². The normalized spacial score (nSPS) is 11.7. The third-order valence-electron chi connectivity index (χ3n) is 2.36. The first-order valence-electron chi connectivity index (χ1n) is 6.16. The van der Waals surface area contributed by atoms with E-state index in [9.17, 15) is 13.2 Å². The number of rotatable bonds is 7. The summed E-state index contributed by atoms with van der Waals surface area (Å²) in [7, 11) is -3.45. The van der Waals surface area contributed by atoms with Crippen LogP contribution < -0.4 is 10.0 Å². The molecule has 0 spiro atoms. The van der Waals surface area contributed by atoms with Gasteiger partial charge in [0.15, 0.2) is 0 Å². The van der Waals surface area contributed by atoms with E-state index >= 15 is 0 Å². The highest BCUT2D eigenvalue weighted by Crippen LogP contribution is 2.11. The molecule has 6 nitrogen and oxygen atoms in total. The minimum atomic E-state index is -3.45. The van der Waals surface area contributed by atoms with Gasteiger partial charge in [0.1, 0.15) is 0 Å². The second-order valence-electron chi connectivity index (χ2n) is 3.92. The molecule has 0 unspecified atom stereocenters. The molecule has 0 aliphatic carbocycles. The van der Waals surface area contributed by atoms with Crippen molar-refractivity contribution in [1.29, 1.82) is 0 Å². The zero-order chi connectivity index (χ0) is 15.0. The van der Waals surface area contributed by atoms with Crippen LogP contribution in [0.5, 0.6) is 0 Å². The fourth-order valence-electron chi connectivity index (χ4n) is 1.44. The van der Waals surface area contributed by atoms with Crippen molar-refractivity contribution in [2.75, 3.05) is 19.7 Å². The molecule has 1 amide bonds. The summed E-state index contributed by atoms with van der Waals surface area (Å²) in [5.41, 5.74) is 0.708. The van der Waals surface area contributed by atoms with E-state index < -0.39 is 10.0 Å². The maximum Gasteiger partial charge on any atom is 0.244 e. The summed E-state index contributed by atoms with van der Waals surface area (Å²) in [6.07, 6.45) is 2.89. The highest BCUT2D eigenvalue weighted by atomic mass is 32.2. The van der Waals surface area contributed by atoms with Crippen LogP contribution in [0.2, 0.25) is 0 Å². The first kappa shape index (κ1) is 16.4. The zero-order valence-electron chi connectivity index (χ0n) is 11.2. The molecule has 0 aromatic heterocycles. The van der Waals surface area contributed by atoms with Crippen molar-refractivity contribution < 1.29 is 18.3 Å². The Morgan fingerprint density at radius 2 is 1.95 bits per heavy atom. The van der Waals surface area contributed by atoms with Crippen LogP contribution >= 0.6 is 0 Å². The van der Waals surface area contributed by atoms with Crippen LogP contribution in [0.15, 0.2) is 35.2 Å². The van der Waals surface area contributed by atoms with Gasteiger partial charge < -0.3 is 10.4 Å².